The smallest absolute Gasteiger partial charge is 0.271 e. The number of aromatic nitrogens is 1. The van der Waals surface area contributed by atoms with Crippen LogP contribution in [0.25, 0.3) is 11.8 Å². The molecule has 2 aliphatic rings. The number of aryl methyl sites for hydroxylation is 1. The quantitative estimate of drug-likeness (QED) is 0.401. The van der Waals surface area contributed by atoms with Gasteiger partial charge in [0.25, 0.3) is 5.56 Å². The third kappa shape index (κ3) is 3.70. The summed E-state index contributed by atoms with van der Waals surface area (Å²) in [6, 6.07) is 21.9. The van der Waals surface area contributed by atoms with Gasteiger partial charge in [0.15, 0.2) is 16.3 Å². The molecule has 4 aromatic rings. The molecule has 36 heavy (non-hydrogen) atoms. The van der Waals surface area contributed by atoms with Crippen LogP contribution in [0.1, 0.15) is 34.7 Å². The summed E-state index contributed by atoms with van der Waals surface area (Å²) in [5.74, 6) is 0.388. The Balaban J connectivity index is 1.61. The third-order valence-corrected chi connectivity index (χ3v) is 8.57. The first-order chi connectivity index (χ1) is 17.6. The first-order valence-corrected chi connectivity index (χ1v) is 13.8. The molecule has 1 aromatic heterocycles. The summed E-state index contributed by atoms with van der Waals surface area (Å²) in [4.78, 5) is 20.8. The highest BCUT2D eigenvalue weighted by molar-refractivity contribution is 7.98. The Labute approximate surface area is 216 Å². The number of benzene rings is 3. The largest absolute Gasteiger partial charge is 0.504 e. The zero-order valence-electron chi connectivity index (χ0n) is 19.9. The van der Waals surface area contributed by atoms with E-state index >= 15 is 0 Å². The van der Waals surface area contributed by atoms with E-state index in [0.29, 0.717) is 20.6 Å². The fourth-order valence-corrected chi connectivity index (χ4v) is 6.47. The van der Waals surface area contributed by atoms with Gasteiger partial charge in [0.05, 0.1) is 23.4 Å². The van der Waals surface area contributed by atoms with Gasteiger partial charge in [-0.05, 0) is 60.1 Å². The van der Waals surface area contributed by atoms with Crippen molar-refractivity contribution in [2.24, 2.45) is 4.99 Å². The van der Waals surface area contributed by atoms with Gasteiger partial charge in [-0.25, -0.2) is 4.99 Å². The minimum absolute atomic E-state index is 0.0169. The molecule has 1 N–H and O–H groups in total. The van der Waals surface area contributed by atoms with Crippen LogP contribution in [0.5, 0.6) is 11.5 Å². The third-order valence-electron chi connectivity index (χ3n) is 6.84. The second-order valence-electron chi connectivity index (χ2n) is 8.78. The summed E-state index contributed by atoms with van der Waals surface area (Å²) in [7, 11) is 1.51. The standard InChI is InChI=1S/C29H24N2O3S2/c1-34-23-9-5-7-19(27(23)32)16-24-28(33)31-26(18-10-13-20(35-2)14-11-18)22-15-12-17-6-3-4-8-21(17)25(22)30-29(31)36-24/h3-11,13-14,16,26,32H,12,15H2,1-2H3. The van der Waals surface area contributed by atoms with Gasteiger partial charge in [0, 0.05) is 16.0 Å². The van der Waals surface area contributed by atoms with Crippen LogP contribution >= 0.6 is 23.1 Å². The second-order valence-corrected chi connectivity index (χ2v) is 10.7. The maximum absolute atomic E-state index is 13.9. The molecule has 6 rings (SSSR count). The van der Waals surface area contributed by atoms with E-state index in [1.807, 2.05) is 10.6 Å². The van der Waals surface area contributed by atoms with Gasteiger partial charge in [-0.1, -0.05) is 59.9 Å². The highest BCUT2D eigenvalue weighted by Crippen LogP contribution is 2.41. The lowest BCUT2D eigenvalue weighted by Crippen LogP contribution is -2.38. The van der Waals surface area contributed by atoms with Gasteiger partial charge in [-0.2, -0.15) is 0 Å². The van der Waals surface area contributed by atoms with Crippen molar-refractivity contribution in [3.8, 4) is 11.5 Å². The fourth-order valence-electron chi connectivity index (χ4n) is 5.07. The maximum atomic E-state index is 13.9. The average molecular weight is 513 g/mol. The van der Waals surface area contributed by atoms with Gasteiger partial charge in [0.1, 0.15) is 0 Å². The predicted octanol–water partition coefficient (Wildman–Crippen LogP) is 4.75. The first-order valence-electron chi connectivity index (χ1n) is 11.7. The molecule has 1 unspecified atom stereocenters. The van der Waals surface area contributed by atoms with Gasteiger partial charge < -0.3 is 9.84 Å². The summed E-state index contributed by atoms with van der Waals surface area (Å²) in [6.07, 6.45) is 5.56. The van der Waals surface area contributed by atoms with Crippen LogP contribution in [0.3, 0.4) is 0 Å². The van der Waals surface area contributed by atoms with Crippen LogP contribution in [0.15, 0.2) is 87.0 Å². The number of thioether (sulfide) groups is 1. The van der Waals surface area contributed by atoms with E-state index in [2.05, 4.69) is 48.7 Å². The van der Waals surface area contributed by atoms with Crippen molar-refractivity contribution in [2.75, 3.05) is 13.4 Å². The average Bonchev–Trinajstić information content (AvgIpc) is 3.23. The minimum Gasteiger partial charge on any atom is -0.504 e. The molecule has 0 spiro atoms. The van der Waals surface area contributed by atoms with E-state index in [1.165, 1.54) is 34.5 Å². The Morgan fingerprint density at radius 1 is 1.08 bits per heavy atom. The number of thiazole rings is 1. The van der Waals surface area contributed by atoms with Crippen LogP contribution in [0.4, 0.5) is 0 Å². The van der Waals surface area contributed by atoms with Crippen molar-refractivity contribution in [3.63, 3.8) is 0 Å². The molecule has 0 bridgehead atoms. The molecule has 0 saturated carbocycles. The summed E-state index contributed by atoms with van der Waals surface area (Å²) in [5, 5.41) is 10.6. The SMILES string of the molecule is COc1cccc(C=c2sc3n(c2=O)C(c2ccc(SC)cc2)C2=C(N=3)c3ccccc3CC2)c1O. The van der Waals surface area contributed by atoms with E-state index in [-0.39, 0.29) is 17.4 Å². The molecule has 3 aromatic carbocycles. The monoisotopic (exact) mass is 512 g/mol. The van der Waals surface area contributed by atoms with Crippen LogP contribution in [-0.4, -0.2) is 23.0 Å². The lowest BCUT2D eigenvalue weighted by Gasteiger charge is -2.30. The Morgan fingerprint density at radius 2 is 1.89 bits per heavy atom. The molecular formula is C29H24N2O3S2. The van der Waals surface area contributed by atoms with E-state index in [4.69, 9.17) is 9.73 Å². The molecule has 0 radical (unpaired) electrons. The Morgan fingerprint density at radius 3 is 2.67 bits per heavy atom. The number of ether oxygens (including phenoxy) is 1. The molecule has 1 aliphatic heterocycles. The number of para-hydroxylation sites is 1. The molecule has 5 nitrogen and oxygen atoms in total. The van der Waals surface area contributed by atoms with E-state index in [9.17, 15) is 9.90 Å². The van der Waals surface area contributed by atoms with Crippen LogP contribution in [0, 0.1) is 0 Å². The molecule has 1 aliphatic carbocycles. The number of hydrogen-bond acceptors (Lipinski definition) is 6. The molecule has 7 heteroatoms. The zero-order chi connectivity index (χ0) is 24.8. The van der Waals surface area contributed by atoms with Crippen molar-refractivity contribution in [1.82, 2.24) is 4.57 Å². The topological polar surface area (TPSA) is 63.8 Å². The van der Waals surface area contributed by atoms with Crippen molar-refractivity contribution < 1.29 is 9.84 Å². The molecule has 0 fully saturated rings. The number of phenolic OH excluding ortho intramolecular Hbond substituents is 1. The molecular weight excluding hydrogens is 488 g/mol. The maximum Gasteiger partial charge on any atom is 0.271 e. The highest BCUT2D eigenvalue weighted by atomic mass is 32.2. The van der Waals surface area contributed by atoms with Gasteiger partial charge in [-0.15, -0.1) is 11.8 Å². The van der Waals surface area contributed by atoms with E-state index in [1.54, 1.807) is 36.0 Å². The molecule has 2 heterocycles. The van der Waals surface area contributed by atoms with E-state index in [0.717, 1.165) is 29.7 Å². The Bertz CT molecular complexity index is 1700. The van der Waals surface area contributed by atoms with Crippen molar-refractivity contribution in [2.45, 2.75) is 23.8 Å². The molecule has 1 atom stereocenters. The first kappa shape index (κ1) is 22.9. The Kier molecular flexibility index (Phi) is 5.82. The number of allylic oxidation sites excluding steroid dienone is 1. The number of aromatic hydroxyl groups is 1. The van der Waals surface area contributed by atoms with Crippen LogP contribution in [-0.2, 0) is 6.42 Å². The van der Waals surface area contributed by atoms with Crippen LogP contribution in [0.2, 0.25) is 0 Å². The van der Waals surface area contributed by atoms with Gasteiger partial charge in [-0.3, -0.25) is 9.36 Å². The molecule has 0 amide bonds. The van der Waals surface area contributed by atoms with Crippen LogP contribution < -0.4 is 19.6 Å². The lowest BCUT2D eigenvalue weighted by atomic mass is 9.83. The number of hydrogen-bond donors (Lipinski definition) is 1. The summed E-state index contributed by atoms with van der Waals surface area (Å²) in [5.41, 5.74) is 6.09. The zero-order valence-corrected chi connectivity index (χ0v) is 21.5. The highest BCUT2D eigenvalue weighted by Gasteiger charge is 2.32. The van der Waals surface area contributed by atoms with Gasteiger partial charge in [0.2, 0.25) is 0 Å². The van der Waals surface area contributed by atoms with Crippen molar-refractivity contribution >= 4 is 34.9 Å². The number of nitrogens with zero attached hydrogens (tertiary/aromatic N) is 2. The number of fused-ring (bicyclic) bond motifs is 3. The second kappa shape index (κ2) is 9.15. The molecule has 180 valence electrons. The van der Waals surface area contributed by atoms with Gasteiger partial charge >= 0.3 is 0 Å². The summed E-state index contributed by atoms with van der Waals surface area (Å²) < 4.78 is 7.60. The number of methoxy groups -OCH3 is 1. The number of rotatable bonds is 4. The van der Waals surface area contributed by atoms with E-state index < -0.39 is 0 Å². The lowest BCUT2D eigenvalue weighted by molar-refractivity contribution is 0.373. The Hall–Kier alpha value is -3.55. The van der Waals surface area contributed by atoms with Crippen molar-refractivity contribution in [1.29, 1.82) is 0 Å². The molecule has 0 saturated heterocycles. The summed E-state index contributed by atoms with van der Waals surface area (Å²) in [6.45, 7) is 0. The predicted molar refractivity (Wildman–Crippen MR) is 146 cm³/mol. The minimum atomic E-state index is -0.221. The number of phenols is 1. The van der Waals surface area contributed by atoms with Crippen molar-refractivity contribution in [3.05, 3.63) is 114 Å². The fraction of sp³-hybridized carbons (Fsp3) is 0.172. The normalized spacial score (nSPS) is 16.7. The summed E-state index contributed by atoms with van der Waals surface area (Å²) >= 11 is 3.05.